The van der Waals surface area contributed by atoms with Crippen molar-refractivity contribution in [2.45, 2.75) is 19.4 Å². The molecule has 2 heterocycles. The molecule has 22 heavy (non-hydrogen) atoms. The minimum atomic E-state index is -1.05. The third-order valence-corrected chi connectivity index (χ3v) is 3.49. The summed E-state index contributed by atoms with van der Waals surface area (Å²) >= 11 is 0. The van der Waals surface area contributed by atoms with Crippen molar-refractivity contribution in [3.63, 3.8) is 0 Å². The third kappa shape index (κ3) is 2.67. The maximum atomic E-state index is 12.3. The lowest BCUT2D eigenvalue weighted by Gasteiger charge is -2.08. The summed E-state index contributed by atoms with van der Waals surface area (Å²) in [7, 11) is 4.52. The van der Waals surface area contributed by atoms with Gasteiger partial charge in [-0.1, -0.05) is 0 Å². The number of nitrogens with zero attached hydrogens (tertiary/aromatic N) is 4. The summed E-state index contributed by atoms with van der Waals surface area (Å²) in [6, 6.07) is 0. The summed E-state index contributed by atoms with van der Waals surface area (Å²) < 4.78 is 8.77. The van der Waals surface area contributed by atoms with Crippen LogP contribution >= 0.6 is 0 Å². The highest BCUT2D eigenvalue weighted by Crippen LogP contribution is 2.11. The molecule has 0 spiro atoms. The van der Waals surface area contributed by atoms with Gasteiger partial charge in [0.05, 0.1) is 0 Å². The van der Waals surface area contributed by atoms with Crippen LogP contribution in [0.4, 0.5) is 0 Å². The molecular formula is C13H18N4O5. The normalized spacial score (nSPS) is 11.2. The first kappa shape index (κ1) is 16.0. The van der Waals surface area contributed by atoms with Crippen molar-refractivity contribution >= 4 is 17.1 Å². The van der Waals surface area contributed by atoms with Crippen LogP contribution < -0.4 is 11.2 Å². The van der Waals surface area contributed by atoms with Crippen molar-refractivity contribution in [1.29, 1.82) is 0 Å². The molecule has 0 aliphatic rings. The van der Waals surface area contributed by atoms with Crippen LogP contribution in [0.2, 0.25) is 0 Å². The van der Waals surface area contributed by atoms with Crippen LogP contribution in [-0.4, -0.2) is 43.5 Å². The molecule has 0 saturated heterocycles. The van der Waals surface area contributed by atoms with Crippen LogP contribution in [0, 0.1) is 0 Å². The minimum absolute atomic E-state index is 0.211. The third-order valence-electron chi connectivity index (χ3n) is 3.49. The van der Waals surface area contributed by atoms with E-state index in [0.717, 1.165) is 4.57 Å². The number of fused-ring (bicyclic) bond motifs is 1. The first-order valence-corrected chi connectivity index (χ1v) is 6.74. The van der Waals surface area contributed by atoms with Crippen LogP contribution in [0.15, 0.2) is 9.59 Å². The van der Waals surface area contributed by atoms with Crippen molar-refractivity contribution in [1.82, 2.24) is 18.7 Å². The predicted octanol–water partition coefficient (Wildman–Crippen LogP) is -0.903. The van der Waals surface area contributed by atoms with E-state index in [0.29, 0.717) is 19.6 Å². The maximum absolute atomic E-state index is 12.3. The number of methoxy groups -OCH3 is 1. The van der Waals surface area contributed by atoms with Crippen molar-refractivity contribution in [2.75, 3.05) is 13.7 Å². The standard InChI is InChI=1S/C13H18N4O5/c1-15-8(7-9(18)19)14-11-10(15)12(20)16(2)13(21)17(11)5-4-6-22-3/h4-7H2,1-3H3,(H,18,19). The lowest BCUT2D eigenvalue weighted by Crippen LogP contribution is -2.38. The van der Waals surface area contributed by atoms with E-state index in [1.807, 2.05) is 0 Å². The number of ether oxygens (including phenoxy) is 1. The molecule has 0 aromatic carbocycles. The van der Waals surface area contributed by atoms with Crippen LogP contribution in [0.3, 0.4) is 0 Å². The van der Waals surface area contributed by atoms with Crippen molar-refractivity contribution in [3.05, 3.63) is 26.7 Å². The molecule has 9 nitrogen and oxygen atoms in total. The number of imidazole rings is 1. The number of hydrogen-bond donors (Lipinski definition) is 1. The fourth-order valence-corrected chi connectivity index (χ4v) is 2.34. The first-order valence-electron chi connectivity index (χ1n) is 6.74. The largest absolute Gasteiger partial charge is 0.481 e. The molecule has 0 amide bonds. The van der Waals surface area contributed by atoms with Gasteiger partial charge in [0.25, 0.3) is 5.56 Å². The van der Waals surface area contributed by atoms with Gasteiger partial charge in [0.15, 0.2) is 11.2 Å². The summed E-state index contributed by atoms with van der Waals surface area (Å²) in [5, 5.41) is 8.92. The van der Waals surface area contributed by atoms with Crippen LogP contribution in [0.5, 0.6) is 0 Å². The molecule has 0 aliphatic carbocycles. The van der Waals surface area contributed by atoms with Gasteiger partial charge in [0, 0.05) is 34.4 Å². The molecule has 0 radical (unpaired) electrons. The van der Waals surface area contributed by atoms with Crippen LogP contribution in [0.1, 0.15) is 12.2 Å². The second-order valence-corrected chi connectivity index (χ2v) is 4.97. The Morgan fingerprint density at radius 1 is 1.27 bits per heavy atom. The molecule has 2 rings (SSSR count). The summed E-state index contributed by atoms with van der Waals surface area (Å²) in [6.07, 6.45) is 0.259. The van der Waals surface area contributed by atoms with E-state index in [-0.39, 0.29) is 23.4 Å². The van der Waals surface area contributed by atoms with Gasteiger partial charge in [0.2, 0.25) is 0 Å². The highest BCUT2D eigenvalue weighted by Gasteiger charge is 2.19. The zero-order valence-corrected chi connectivity index (χ0v) is 12.7. The van der Waals surface area contributed by atoms with Gasteiger partial charge in [-0.25, -0.2) is 9.78 Å². The summed E-state index contributed by atoms with van der Waals surface area (Å²) in [6.45, 7) is 0.798. The molecule has 0 saturated carbocycles. The lowest BCUT2D eigenvalue weighted by atomic mass is 10.4. The van der Waals surface area contributed by atoms with Gasteiger partial charge in [-0.15, -0.1) is 0 Å². The molecule has 0 aliphatic heterocycles. The van der Waals surface area contributed by atoms with Crippen LogP contribution in [-0.2, 0) is 36.6 Å². The van der Waals surface area contributed by atoms with Gasteiger partial charge >= 0.3 is 11.7 Å². The quantitative estimate of drug-likeness (QED) is 0.693. The highest BCUT2D eigenvalue weighted by molar-refractivity contribution is 5.74. The minimum Gasteiger partial charge on any atom is -0.481 e. The Labute approximate surface area is 125 Å². The van der Waals surface area contributed by atoms with E-state index in [1.165, 1.54) is 16.2 Å². The number of carbonyl (C=O) groups is 1. The number of aromatic nitrogens is 4. The molecule has 120 valence electrons. The molecular weight excluding hydrogens is 292 g/mol. The SMILES string of the molecule is COCCCn1c(=O)n(C)c(=O)c2c1nc(CC(=O)O)n2C. The maximum Gasteiger partial charge on any atom is 0.332 e. The topological polar surface area (TPSA) is 108 Å². The van der Waals surface area contributed by atoms with Crippen LogP contribution in [0.25, 0.3) is 11.2 Å². The van der Waals surface area contributed by atoms with Gasteiger partial charge < -0.3 is 14.4 Å². The number of aliphatic carboxylic acids is 1. The fraction of sp³-hybridized carbons (Fsp3) is 0.538. The van der Waals surface area contributed by atoms with Crippen molar-refractivity contribution in [2.24, 2.45) is 14.1 Å². The predicted molar refractivity (Wildman–Crippen MR) is 78.0 cm³/mol. The smallest absolute Gasteiger partial charge is 0.332 e. The Bertz CT molecular complexity index is 830. The zero-order valence-electron chi connectivity index (χ0n) is 12.7. The van der Waals surface area contributed by atoms with E-state index in [9.17, 15) is 14.4 Å². The monoisotopic (exact) mass is 310 g/mol. The number of rotatable bonds is 6. The summed E-state index contributed by atoms with van der Waals surface area (Å²) in [4.78, 5) is 39.6. The molecule has 0 unspecified atom stereocenters. The zero-order chi connectivity index (χ0) is 16.4. The van der Waals surface area contributed by atoms with E-state index >= 15 is 0 Å². The van der Waals surface area contributed by atoms with Gasteiger partial charge in [0.1, 0.15) is 12.2 Å². The molecule has 0 fully saturated rings. The highest BCUT2D eigenvalue weighted by atomic mass is 16.5. The summed E-state index contributed by atoms with van der Waals surface area (Å²) in [5.41, 5.74) is -0.540. The molecule has 0 atom stereocenters. The Balaban J connectivity index is 2.70. The molecule has 0 bridgehead atoms. The van der Waals surface area contributed by atoms with E-state index < -0.39 is 17.2 Å². The number of aryl methyl sites for hydroxylation is 2. The molecule has 2 aromatic heterocycles. The van der Waals surface area contributed by atoms with Crippen molar-refractivity contribution < 1.29 is 14.6 Å². The Morgan fingerprint density at radius 2 is 1.95 bits per heavy atom. The fourth-order valence-electron chi connectivity index (χ4n) is 2.34. The Kier molecular flexibility index (Phi) is 4.45. The molecule has 1 N–H and O–H groups in total. The average molecular weight is 310 g/mol. The van der Waals surface area contributed by atoms with Gasteiger partial charge in [-0.2, -0.15) is 0 Å². The first-order chi connectivity index (χ1) is 10.4. The lowest BCUT2D eigenvalue weighted by molar-refractivity contribution is -0.136. The molecule has 2 aromatic rings. The van der Waals surface area contributed by atoms with E-state index in [4.69, 9.17) is 9.84 Å². The van der Waals surface area contributed by atoms with E-state index in [1.54, 1.807) is 14.2 Å². The second kappa shape index (κ2) is 6.14. The number of hydrogen-bond acceptors (Lipinski definition) is 5. The summed E-state index contributed by atoms with van der Waals surface area (Å²) in [5.74, 6) is -0.825. The van der Waals surface area contributed by atoms with Gasteiger partial charge in [-0.3, -0.25) is 18.7 Å². The Hall–Kier alpha value is -2.42. The van der Waals surface area contributed by atoms with E-state index in [2.05, 4.69) is 4.98 Å². The number of carboxylic acids is 1. The molecule has 9 heteroatoms. The average Bonchev–Trinajstić information content (AvgIpc) is 2.77. The number of carboxylic acid groups (broad SMARTS) is 1. The van der Waals surface area contributed by atoms with Gasteiger partial charge in [-0.05, 0) is 6.42 Å². The second-order valence-electron chi connectivity index (χ2n) is 4.97. The van der Waals surface area contributed by atoms with Crippen molar-refractivity contribution in [3.8, 4) is 0 Å². The Morgan fingerprint density at radius 3 is 2.55 bits per heavy atom.